The smallest absolute Gasteiger partial charge is 0.254 e. The SMILES string of the molecule is CN1CCC(NC(=O)c2ccc(C#CCN)cc2F)C1. The number of carbonyl (C=O) groups excluding carboxylic acids is 1. The van der Waals surface area contributed by atoms with E-state index in [0.717, 1.165) is 19.5 Å². The molecule has 0 aromatic heterocycles. The molecule has 1 aliphatic rings. The lowest BCUT2D eigenvalue weighted by Crippen LogP contribution is -2.36. The molecule has 1 aliphatic heterocycles. The van der Waals surface area contributed by atoms with Crippen molar-refractivity contribution in [3.05, 3.63) is 35.1 Å². The van der Waals surface area contributed by atoms with Gasteiger partial charge in [0.15, 0.2) is 0 Å². The summed E-state index contributed by atoms with van der Waals surface area (Å²) in [5.74, 6) is 4.45. The van der Waals surface area contributed by atoms with Crippen molar-refractivity contribution in [2.45, 2.75) is 12.5 Å². The van der Waals surface area contributed by atoms with Crippen LogP contribution in [0.1, 0.15) is 22.3 Å². The lowest BCUT2D eigenvalue weighted by Gasteiger charge is -2.13. The molecule has 0 spiro atoms. The quantitative estimate of drug-likeness (QED) is 0.776. The molecule has 106 valence electrons. The summed E-state index contributed by atoms with van der Waals surface area (Å²) in [6.45, 7) is 1.97. The summed E-state index contributed by atoms with van der Waals surface area (Å²) < 4.78 is 13.9. The molecule has 1 aromatic carbocycles. The number of likely N-dealkylation sites (tertiary alicyclic amines) is 1. The average Bonchev–Trinajstić information content (AvgIpc) is 2.81. The predicted molar refractivity (Wildman–Crippen MR) is 75.7 cm³/mol. The fourth-order valence-electron chi connectivity index (χ4n) is 2.25. The first-order valence-electron chi connectivity index (χ1n) is 6.58. The predicted octanol–water partition coefficient (Wildman–Crippen LogP) is 0.570. The summed E-state index contributed by atoms with van der Waals surface area (Å²) >= 11 is 0. The third kappa shape index (κ3) is 3.56. The van der Waals surface area contributed by atoms with Gasteiger partial charge in [-0.25, -0.2) is 4.39 Å². The molecule has 1 aromatic rings. The zero-order chi connectivity index (χ0) is 14.5. The van der Waals surface area contributed by atoms with Gasteiger partial charge in [0.25, 0.3) is 5.91 Å². The number of halogens is 1. The van der Waals surface area contributed by atoms with Crippen LogP contribution in [0, 0.1) is 17.7 Å². The van der Waals surface area contributed by atoms with Gasteiger partial charge < -0.3 is 16.0 Å². The van der Waals surface area contributed by atoms with E-state index >= 15 is 0 Å². The molecular weight excluding hydrogens is 257 g/mol. The van der Waals surface area contributed by atoms with Gasteiger partial charge in [-0.1, -0.05) is 11.8 Å². The van der Waals surface area contributed by atoms with Crippen LogP contribution in [0.25, 0.3) is 0 Å². The van der Waals surface area contributed by atoms with E-state index in [2.05, 4.69) is 22.1 Å². The topological polar surface area (TPSA) is 58.4 Å². The first-order valence-corrected chi connectivity index (χ1v) is 6.58. The molecule has 20 heavy (non-hydrogen) atoms. The normalized spacial score (nSPS) is 18.4. The Morgan fingerprint density at radius 3 is 3.00 bits per heavy atom. The molecule has 1 atom stereocenters. The molecule has 2 rings (SSSR count). The Bertz CT molecular complexity index is 562. The molecule has 1 fully saturated rings. The number of hydrogen-bond acceptors (Lipinski definition) is 3. The van der Waals surface area contributed by atoms with Gasteiger partial charge in [-0.2, -0.15) is 0 Å². The summed E-state index contributed by atoms with van der Waals surface area (Å²) in [6, 6.07) is 4.44. The monoisotopic (exact) mass is 275 g/mol. The number of likely N-dealkylation sites (N-methyl/N-ethyl adjacent to an activating group) is 1. The summed E-state index contributed by atoms with van der Waals surface area (Å²) in [5.41, 5.74) is 5.83. The average molecular weight is 275 g/mol. The van der Waals surface area contributed by atoms with Gasteiger partial charge in [0.05, 0.1) is 12.1 Å². The molecule has 4 nitrogen and oxygen atoms in total. The zero-order valence-electron chi connectivity index (χ0n) is 11.4. The maximum atomic E-state index is 13.9. The van der Waals surface area contributed by atoms with E-state index in [-0.39, 0.29) is 24.1 Å². The van der Waals surface area contributed by atoms with E-state index in [1.165, 1.54) is 12.1 Å². The molecule has 1 unspecified atom stereocenters. The first-order chi connectivity index (χ1) is 9.60. The number of hydrogen-bond donors (Lipinski definition) is 2. The standard InChI is InChI=1S/C15H18FN3O/c1-19-8-6-12(10-19)18-15(20)13-5-4-11(3-2-7-17)9-14(13)16/h4-5,9,12H,6-8,10,17H2,1H3,(H,18,20). The lowest BCUT2D eigenvalue weighted by molar-refractivity contribution is 0.0934. The second-order valence-corrected chi connectivity index (χ2v) is 4.92. The Labute approximate surface area is 118 Å². The number of nitrogens with zero attached hydrogens (tertiary/aromatic N) is 1. The second-order valence-electron chi connectivity index (χ2n) is 4.92. The number of rotatable bonds is 2. The molecule has 5 heteroatoms. The highest BCUT2D eigenvalue weighted by molar-refractivity contribution is 5.94. The van der Waals surface area contributed by atoms with E-state index < -0.39 is 5.82 Å². The number of carbonyl (C=O) groups is 1. The lowest BCUT2D eigenvalue weighted by atomic mass is 10.1. The van der Waals surface area contributed by atoms with Gasteiger partial charge in [0.2, 0.25) is 0 Å². The fraction of sp³-hybridized carbons (Fsp3) is 0.400. The Balaban J connectivity index is 2.06. The van der Waals surface area contributed by atoms with E-state index in [1.807, 2.05) is 7.05 Å². The van der Waals surface area contributed by atoms with Crippen LogP contribution in [0.15, 0.2) is 18.2 Å². The molecule has 1 heterocycles. The van der Waals surface area contributed by atoms with Crippen molar-refractivity contribution in [3.63, 3.8) is 0 Å². The van der Waals surface area contributed by atoms with Crippen LogP contribution >= 0.6 is 0 Å². The Morgan fingerprint density at radius 2 is 2.40 bits per heavy atom. The van der Waals surface area contributed by atoms with Gasteiger partial charge in [-0.3, -0.25) is 4.79 Å². The molecule has 0 bridgehead atoms. The van der Waals surface area contributed by atoms with Crippen LogP contribution < -0.4 is 11.1 Å². The third-order valence-electron chi connectivity index (χ3n) is 3.28. The Kier molecular flexibility index (Phi) is 4.72. The highest BCUT2D eigenvalue weighted by Crippen LogP contribution is 2.12. The van der Waals surface area contributed by atoms with E-state index in [9.17, 15) is 9.18 Å². The maximum Gasteiger partial charge on any atom is 0.254 e. The van der Waals surface area contributed by atoms with Crippen LogP contribution in [-0.2, 0) is 0 Å². The summed E-state index contributed by atoms with van der Waals surface area (Å²) in [4.78, 5) is 14.2. The molecule has 1 amide bonds. The fourth-order valence-corrected chi connectivity index (χ4v) is 2.25. The number of nitrogens with two attached hydrogens (primary N) is 1. The Hall–Kier alpha value is -1.90. The van der Waals surface area contributed by atoms with Crippen LogP contribution in [0.3, 0.4) is 0 Å². The van der Waals surface area contributed by atoms with Crippen molar-refractivity contribution >= 4 is 5.91 Å². The van der Waals surface area contributed by atoms with Gasteiger partial charge in [-0.05, 0) is 38.2 Å². The number of nitrogens with one attached hydrogen (secondary N) is 1. The third-order valence-corrected chi connectivity index (χ3v) is 3.28. The van der Waals surface area contributed by atoms with Crippen molar-refractivity contribution in [2.75, 3.05) is 26.7 Å². The maximum absolute atomic E-state index is 13.9. The van der Waals surface area contributed by atoms with Gasteiger partial charge in [-0.15, -0.1) is 0 Å². The summed E-state index contributed by atoms with van der Waals surface area (Å²) in [5, 5.41) is 2.85. The van der Waals surface area contributed by atoms with E-state index in [1.54, 1.807) is 6.07 Å². The number of benzene rings is 1. The largest absolute Gasteiger partial charge is 0.348 e. The number of amides is 1. The molecule has 1 saturated heterocycles. The van der Waals surface area contributed by atoms with Crippen LogP contribution in [0.4, 0.5) is 4.39 Å². The molecule has 0 aliphatic carbocycles. The molecule has 0 radical (unpaired) electrons. The van der Waals surface area contributed by atoms with Crippen LogP contribution in [-0.4, -0.2) is 43.5 Å². The van der Waals surface area contributed by atoms with Gasteiger partial charge >= 0.3 is 0 Å². The van der Waals surface area contributed by atoms with Crippen LogP contribution in [0.5, 0.6) is 0 Å². The van der Waals surface area contributed by atoms with Crippen molar-refractivity contribution in [1.82, 2.24) is 10.2 Å². The van der Waals surface area contributed by atoms with Crippen molar-refractivity contribution in [2.24, 2.45) is 5.73 Å². The minimum absolute atomic E-state index is 0.0536. The summed E-state index contributed by atoms with van der Waals surface area (Å²) in [7, 11) is 2.00. The van der Waals surface area contributed by atoms with Gasteiger partial charge in [0, 0.05) is 18.2 Å². The first kappa shape index (κ1) is 14.5. The van der Waals surface area contributed by atoms with Crippen molar-refractivity contribution in [1.29, 1.82) is 0 Å². The van der Waals surface area contributed by atoms with Crippen molar-refractivity contribution < 1.29 is 9.18 Å². The molecule has 0 saturated carbocycles. The van der Waals surface area contributed by atoms with Gasteiger partial charge in [0.1, 0.15) is 5.82 Å². The molecular formula is C15H18FN3O. The molecule has 3 N–H and O–H groups in total. The van der Waals surface area contributed by atoms with E-state index in [4.69, 9.17) is 5.73 Å². The minimum Gasteiger partial charge on any atom is -0.348 e. The minimum atomic E-state index is -0.558. The van der Waals surface area contributed by atoms with Crippen LogP contribution in [0.2, 0.25) is 0 Å². The van der Waals surface area contributed by atoms with E-state index in [0.29, 0.717) is 5.56 Å². The Morgan fingerprint density at radius 1 is 1.60 bits per heavy atom. The highest BCUT2D eigenvalue weighted by Gasteiger charge is 2.22. The highest BCUT2D eigenvalue weighted by atomic mass is 19.1. The summed E-state index contributed by atoms with van der Waals surface area (Å²) in [6.07, 6.45) is 0.893. The zero-order valence-corrected chi connectivity index (χ0v) is 11.4. The van der Waals surface area contributed by atoms with Crippen molar-refractivity contribution in [3.8, 4) is 11.8 Å². The second kappa shape index (κ2) is 6.51.